The number of anilines is 1. The lowest BCUT2D eigenvalue weighted by Crippen LogP contribution is -2.13. The smallest absolute Gasteiger partial charge is 0.255 e. The Morgan fingerprint density at radius 1 is 0.903 bits per heavy atom. The monoisotopic (exact) mass is 451 g/mol. The molecule has 31 heavy (non-hydrogen) atoms. The van der Waals surface area contributed by atoms with Gasteiger partial charge in [-0.2, -0.15) is 0 Å². The number of carbonyl (C=O) groups is 1. The largest absolute Gasteiger partial charge is 0.496 e. The number of amides is 1. The predicted octanol–water partition coefficient (Wildman–Crippen LogP) is 6.99. The lowest BCUT2D eigenvalue weighted by atomic mass is 10.1. The third-order valence-corrected chi connectivity index (χ3v) is 5.38. The molecule has 0 unspecified atom stereocenters. The van der Waals surface area contributed by atoms with Gasteiger partial charge >= 0.3 is 0 Å². The van der Waals surface area contributed by atoms with Gasteiger partial charge in [-0.05, 0) is 59.3 Å². The number of hydrogen-bond acceptors (Lipinski definition) is 3. The van der Waals surface area contributed by atoms with E-state index in [4.69, 9.17) is 32.7 Å². The third kappa shape index (κ3) is 4.93. The molecule has 0 atom stereocenters. The molecule has 0 fully saturated rings. The van der Waals surface area contributed by atoms with E-state index >= 15 is 0 Å². The number of nitrogens with one attached hydrogen (secondary N) is 1. The summed E-state index contributed by atoms with van der Waals surface area (Å²) in [5.41, 5.74) is 1.70. The third-order valence-electron chi connectivity index (χ3n) is 4.84. The second kappa shape index (κ2) is 9.29. The molecule has 0 aliphatic rings. The maximum absolute atomic E-state index is 12.7. The molecular formula is C25H19Cl2NO3. The number of ether oxygens (including phenoxy) is 2. The summed E-state index contributed by atoms with van der Waals surface area (Å²) in [6.45, 7) is 0.254. The summed E-state index contributed by atoms with van der Waals surface area (Å²) < 4.78 is 11.4. The number of methoxy groups -OCH3 is 1. The van der Waals surface area contributed by atoms with Gasteiger partial charge in [-0.3, -0.25) is 4.79 Å². The first-order valence-electron chi connectivity index (χ1n) is 9.58. The maximum atomic E-state index is 12.7. The van der Waals surface area contributed by atoms with E-state index in [-0.39, 0.29) is 12.5 Å². The highest BCUT2D eigenvalue weighted by molar-refractivity contribution is 6.36. The first kappa shape index (κ1) is 21.0. The van der Waals surface area contributed by atoms with Gasteiger partial charge in [0, 0.05) is 16.1 Å². The van der Waals surface area contributed by atoms with Crippen molar-refractivity contribution in [2.24, 2.45) is 0 Å². The fourth-order valence-electron chi connectivity index (χ4n) is 3.24. The highest BCUT2D eigenvalue weighted by Gasteiger charge is 2.13. The Kier molecular flexibility index (Phi) is 6.31. The predicted molar refractivity (Wildman–Crippen MR) is 126 cm³/mol. The number of hydrogen-bond donors (Lipinski definition) is 1. The molecule has 156 valence electrons. The van der Waals surface area contributed by atoms with Crippen LogP contribution in [0.3, 0.4) is 0 Å². The highest BCUT2D eigenvalue weighted by atomic mass is 35.5. The molecule has 0 radical (unpaired) electrons. The molecule has 0 aromatic heterocycles. The van der Waals surface area contributed by atoms with Crippen molar-refractivity contribution in [1.29, 1.82) is 0 Å². The van der Waals surface area contributed by atoms with Crippen molar-refractivity contribution in [3.8, 4) is 11.5 Å². The van der Waals surface area contributed by atoms with Crippen molar-refractivity contribution in [3.63, 3.8) is 0 Å². The molecule has 4 aromatic rings. The lowest BCUT2D eigenvalue weighted by Gasteiger charge is -2.13. The summed E-state index contributed by atoms with van der Waals surface area (Å²) in [5, 5.41) is 5.91. The summed E-state index contributed by atoms with van der Waals surface area (Å²) in [4.78, 5) is 12.7. The molecule has 1 N–H and O–H groups in total. The Hall–Kier alpha value is -3.21. The van der Waals surface area contributed by atoms with Crippen molar-refractivity contribution in [1.82, 2.24) is 0 Å². The van der Waals surface area contributed by atoms with Crippen LogP contribution in [-0.2, 0) is 6.61 Å². The molecular weight excluding hydrogens is 433 g/mol. The number of carbonyl (C=O) groups excluding carboxylic acids is 1. The SMILES string of the molecule is COc1ccc(C(=O)Nc2ccc(Cl)cc2Cl)cc1COc1ccc2ccccc2c1. The van der Waals surface area contributed by atoms with E-state index in [0.717, 1.165) is 22.1 Å². The first-order chi connectivity index (χ1) is 15.0. The van der Waals surface area contributed by atoms with E-state index in [2.05, 4.69) is 11.4 Å². The molecule has 0 heterocycles. The Balaban J connectivity index is 1.53. The van der Waals surface area contributed by atoms with Gasteiger partial charge < -0.3 is 14.8 Å². The zero-order valence-electron chi connectivity index (χ0n) is 16.7. The van der Waals surface area contributed by atoms with Crippen LogP contribution < -0.4 is 14.8 Å². The minimum Gasteiger partial charge on any atom is -0.496 e. The van der Waals surface area contributed by atoms with Crippen LogP contribution in [0.1, 0.15) is 15.9 Å². The quantitative estimate of drug-likeness (QED) is 0.343. The molecule has 1 amide bonds. The number of halogens is 2. The number of benzene rings is 4. The lowest BCUT2D eigenvalue weighted by molar-refractivity contribution is 0.102. The average molecular weight is 452 g/mol. The molecule has 4 rings (SSSR count). The van der Waals surface area contributed by atoms with Crippen molar-refractivity contribution in [2.45, 2.75) is 6.61 Å². The van der Waals surface area contributed by atoms with Crippen LogP contribution in [0.4, 0.5) is 5.69 Å². The van der Waals surface area contributed by atoms with Gasteiger partial charge in [0.1, 0.15) is 18.1 Å². The molecule has 0 saturated carbocycles. The van der Waals surface area contributed by atoms with Crippen LogP contribution >= 0.6 is 23.2 Å². The van der Waals surface area contributed by atoms with Gasteiger partial charge in [0.2, 0.25) is 0 Å². The van der Waals surface area contributed by atoms with Crippen molar-refractivity contribution >= 4 is 45.6 Å². The van der Waals surface area contributed by atoms with E-state index in [0.29, 0.717) is 27.0 Å². The summed E-state index contributed by atoms with van der Waals surface area (Å²) in [5.74, 6) is 1.09. The molecule has 0 spiro atoms. The zero-order valence-corrected chi connectivity index (χ0v) is 18.2. The fraction of sp³-hybridized carbons (Fsp3) is 0.0800. The minimum absolute atomic E-state index is 0.254. The van der Waals surface area contributed by atoms with Gasteiger partial charge in [-0.25, -0.2) is 0 Å². The van der Waals surface area contributed by atoms with Crippen molar-refractivity contribution < 1.29 is 14.3 Å². The van der Waals surface area contributed by atoms with Gasteiger partial charge in [-0.1, -0.05) is 53.5 Å². The molecule has 0 saturated heterocycles. The van der Waals surface area contributed by atoms with Gasteiger partial charge in [-0.15, -0.1) is 0 Å². The standard InChI is InChI=1S/C25H19Cl2NO3/c1-30-24-11-7-18(25(29)28-23-10-8-20(26)14-22(23)27)12-19(24)15-31-21-9-6-16-4-2-3-5-17(16)13-21/h2-14H,15H2,1H3,(H,28,29). The van der Waals surface area contributed by atoms with E-state index in [1.807, 2.05) is 36.4 Å². The second-order valence-corrected chi connectivity index (χ2v) is 7.75. The highest BCUT2D eigenvalue weighted by Crippen LogP contribution is 2.28. The van der Waals surface area contributed by atoms with Gasteiger partial charge in [0.05, 0.1) is 17.8 Å². The maximum Gasteiger partial charge on any atom is 0.255 e. The molecule has 0 aliphatic carbocycles. The van der Waals surface area contributed by atoms with E-state index in [9.17, 15) is 4.79 Å². The Morgan fingerprint density at radius 3 is 2.48 bits per heavy atom. The summed E-state index contributed by atoms with van der Waals surface area (Å²) >= 11 is 12.1. The van der Waals surface area contributed by atoms with Crippen LogP contribution in [0.5, 0.6) is 11.5 Å². The Morgan fingerprint density at radius 2 is 1.71 bits per heavy atom. The van der Waals surface area contributed by atoms with Gasteiger partial charge in [0.15, 0.2) is 0 Å². The van der Waals surface area contributed by atoms with Crippen LogP contribution in [-0.4, -0.2) is 13.0 Å². The Bertz CT molecular complexity index is 1260. The van der Waals surface area contributed by atoms with Crippen LogP contribution in [0.25, 0.3) is 10.8 Å². The number of fused-ring (bicyclic) bond motifs is 1. The first-order valence-corrected chi connectivity index (χ1v) is 10.3. The van der Waals surface area contributed by atoms with Crippen LogP contribution in [0.15, 0.2) is 78.9 Å². The van der Waals surface area contributed by atoms with E-state index in [1.165, 1.54) is 0 Å². The summed E-state index contributed by atoms with van der Waals surface area (Å²) in [7, 11) is 1.59. The normalized spacial score (nSPS) is 10.7. The molecule has 4 nitrogen and oxygen atoms in total. The van der Waals surface area contributed by atoms with Crippen molar-refractivity contribution in [2.75, 3.05) is 12.4 Å². The zero-order chi connectivity index (χ0) is 21.8. The topological polar surface area (TPSA) is 47.6 Å². The minimum atomic E-state index is -0.293. The number of rotatable bonds is 6. The Labute approximate surface area is 190 Å². The summed E-state index contributed by atoms with van der Waals surface area (Å²) in [6, 6.07) is 24.1. The molecule has 0 bridgehead atoms. The molecule has 6 heteroatoms. The molecule has 4 aromatic carbocycles. The van der Waals surface area contributed by atoms with Crippen LogP contribution in [0, 0.1) is 0 Å². The van der Waals surface area contributed by atoms with Crippen molar-refractivity contribution in [3.05, 3.63) is 100 Å². The molecule has 0 aliphatic heterocycles. The average Bonchev–Trinajstić information content (AvgIpc) is 2.79. The second-order valence-electron chi connectivity index (χ2n) is 6.90. The van der Waals surface area contributed by atoms with E-state index < -0.39 is 0 Å². The van der Waals surface area contributed by atoms with E-state index in [1.54, 1.807) is 43.5 Å². The van der Waals surface area contributed by atoms with Crippen LogP contribution in [0.2, 0.25) is 10.0 Å². The van der Waals surface area contributed by atoms with Gasteiger partial charge in [0.25, 0.3) is 5.91 Å². The summed E-state index contributed by atoms with van der Waals surface area (Å²) in [6.07, 6.45) is 0. The fourth-order valence-corrected chi connectivity index (χ4v) is 3.69.